The molecule has 6 heteroatoms. The fraction of sp³-hybridized carbons (Fsp3) is 0.300. The maximum atomic E-state index is 12.5. The number of aryl methyl sites for hydroxylation is 1. The van der Waals surface area contributed by atoms with Gasteiger partial charge in [-0.2, -0.15) is 0 Å². The molecule has 0 bridgehead atoms. The highest BCUT2D eigenvalue weighted by Gasteiger charge is 2.20. The number of benzene rings is 1. The van der Waals surface area contributed by atoms with Crippen LogP contribution in [0.1, 0.15) is 21.0 Å². The van der Waals surface area contributed by atoms with Crippen LogP contribution < -0.4 is 5.73 Å². The van der Waals surface area contributed by atoms with Crippen LogP contribution in [0.5, 0.6) is 0 Å². The average molecular weight is 369 g/mol. The Balaban J connectivity index is 1.55. The number of rotatable bonds is 7. The molecule has 1 atom stereocenters. The summed E-state index contributed by atoms with van der Waals surface area (Å²) in [6, 6.07) is 13.7. The first-order valence-electron chi connectivity index (χ1n) is 8.61. The van der Waals surface area contributed by atoms with Crippen LogP contribution >= 0.6 is 11.3 Å². The highest BCUT2D eigenvalue weighted by atomic mass is 32.1. The summed E-state index contributed by atoms with van der Waals surface area (Å²) in [5.41, 5.74) is 8.18. The van der Waals surface area contributed by atoms with Crippen LogP contribution in [-0.2, 0) is 24.3 Å². The van der Waals surface area contributed by atoms with Crippen molar-refractivity contribution >= 4 is 17.2 Å². The van der Waals surface area contributed by atoms with Gasteiger partial charge in [0.05, 0.1) is 24.6 Å². The third-order valence-electron chi connectivity index (χ3n) is 4.21. The minimum atomic E-state index is -0.582. The Kier molecular flexibility index (Phi) is 5.85. The summed E-state index contributed by atoms with van der Waals surface area (Å²) >= 11 is 1.70. The largest absolute Gasteiger partial charge is 0.339 e. The monoisotopic (exact) mass is 368 g/mol. The molecule has 0 saturated carbocycles. The number of nitrogens with zero attached hydrogens (tertiary/aromatic N) is 3. The molecule has 0 unspecified atom stereocenters. The number of imidazole rings is 1. The van der Waals surface area contributed by atoms with Crippen molar-refractivity contribution in [3.63, 3.8) is 0 Å². The number of aromatic nitrogens is 2. The van der Waals surface area contributed by atoms with Crippen LogP contribution in [-0.4, -0.2) is 33.4 Å². The van der Waals surface area contributed by atoms with Crippen molar-refractivity contribution in [2.24, 2.45) is 5.73 Å². The second-order valence-electron chi connectivity index (χ2n) is 6.54. The van der Waals surface area contributed by atoms with E-state index in [1.807, 2.05) is 29.0 Å². The van der Waals surface area contributed by atoms with Crippen LogP contribution in [0.4, 0.5) is 0 Å². The molecule has 0 aliphatic rings. The van der Waals surface area contributed by atoms with Gasteiger partial charge in [-0.05, 0) is 24.6 Å². The predicted octanol–water partition coefficient (Wildman–Crippen LogP) is 2.83. The summed E-state index contributed by atoms with van der Waals surface area (Å²) in [5, 5.41) is 0. The first-order chi connectivity index (χ1) is 12.5. The molecule has 5 nitrogen and oxygen atoms in total. The van der Waals surface area contributed by atoms with E-state index in [4.69, 9.17) is 5.73 Å². The molecule has 3 rings (SSSR count). The van der Waals surface area contributed by atoms with E-state index in [0.29, 0.717) is 13.0 Å². The lowest BCUT2D eigenvalue weighted by molar-refractivity contribution is -0.131. The van der Waals surface area contributed by atoms with Gasteiger partial charge in [-0.15, -0.1) is 11.3 Å². The Morgan fingerprint density at radius 3 is 2.73 bits per heavy atom. The number of hydrogen-bond acceptors (Lipinski definition) is 4. The van der Waals surface area contributed by atoms with E-state index < -0.39 is 6.04 Å². The third-order valence-corrected chi connectivity index (χ3v) is 5.19. The van der Waals surface area contributed by atoms with Gasteiger partial charge in [0, 0.05) is 36.0 Å². The van der Waals surface area contributed by atoms with Crippen LogP contribution in [0.15, 0.2) is 55.0 Å². The number of amides is 1. The van der Waals surface area contributed by atoms with E-state index in [9.17, 15) is 4.79 Å². The first-order valence-corrected chi connectivity index (χ1v) is 9.43. The second kappa shape index (κ2) is 8.29. The van der Waals surface area contributed by atoms with Gasteiger partial charge in [0.25, 0.3) is 0 Å². The molecule has 0 saturated heterocycles. The zero-order valence-corrected chi connectivity index (χ0v) is 15.9. The van der Waals surface area contributed by atoms with Gasteiger partial charge in [0.1, 0.15) is 0 Å². The van der Waals surface area contributed by atoms with Gasteiger partial charge < -0.3 is 15.2 Å². The third kappa shape index (κ3) is 4.80. The summed E-state index contributed by atoms with van der Waals surface area (Å²) < 4.78 is 2.01. The molecule has 0 aliphatic carbocycles. The van der Waals surface area contributed by atoms with E-state index in [0.717, 1.165) is 17.1 Å². The maximum Gasteiger partial charge on any atom is 0.239 e. The fourth-order valence-electron chi connectivity index (χ4n) is 2.87. The van der Waals surface area contributed by atoms with Gasteiger partial charge in [-0.1, -0.05) is 30.3 Å². The number of hydrogen-bond donors (Lipinski definition) is 1. The molecule has 0 fully saturated rings. The summed E-state index contributed by atoms with van der Waals surface area (Å²) in [6.45, 7) is 3.41. The Labute approximate surface area is 158 Å². The van der Waals surface area contributed by atoms with Crippen molar-refractivity contribution in [2.75, 3.05) is 7.05 Å². The molecule has 1 amide bonds. The standard InChI is InChI=1S/C20H24N4OS/c1-15-8-9-18(26-15)13-23(2)20(25)19(21)10-17-12-24(14-22-17)11-16-6-4-3-5-7-16/h3-9,12,14,19H,10-11,13,21H2,1-2H3/t19-/m0/s1. The van der Waals surface area contributed by atoms with Crippen molar-refractivity contribution < 1.29 is 4.79 Å². The zero-order valence-electron chi connectivity index (χ0n) is 15.1. The molecule has 136 valence electrons. The highest BCUT2D eigenvalue weighted by molar-refractivity contribution is 7.11. The Hall–Kier alpha value is -2.44. The molecule has 2 heterocycles. The summed E-state index contributed by atoms with van der Waals surface area (Å²) in [4.78, 5) is 21.0. The van der Waals surface area contributed by atoms with Gasteiger partial charge in [0.15, 0.2) is 0 Å². The Morgan fingerprint density at radius 2 is 2.04 bits per heavy atom. The summed E-state index contributed by atoms with van der Waals surface area (Å²) in [6.07, 6.45) is 4.19. The van der Waals surface area contributed by atoms with Crippen LogP contribution in [0.25, 0.3) is 0 Å². The number of likely N-dealkylation sites (N-methyl/N-ethyl adjacent to an activating group) is 1. The van der Waals surface area contributed by atoms with Gasteiger partial charge in [0.2, 0.25) is 5.91 Å². The molecule has 2 N–H and O–H groups in total. The van der Waals surface area contributed by atoms with Gasteiger partial charge >= 0.3 is 0 Å². The van der Waals surface area contributed by atoms with Crippen molar-refractivity contribution in [2.45, 2.75) is 32.5 Å². The minimum Gasteiger partial charge on any atom is -0.339 e. The smallest absolute Gasteiger partial charge is 0.239 e. The second-order valence-corrected chi connectivity index (χ2v) is 7.91. The van der Waals surface area contributed by atoms with Crippen LogP contribution in [0.2, 0.25) is 0 Å². The van der Waals surface area contributed by atoms with Crippen molar-refractivity contribution in [1.29, 1.82) is 0 Å². The van der Waals surface area contributed by atoms with Crippen molar-refractivity contribution in [3.05, 3.63) is 76.0 Å². The molecular weight excluding hydrogens is 344 g/mol. The first kappa shape index (κ1) is 18.4. The number of nitrogens with two attached hydrogens (primary N) is 1. The average Bonchev–Trinajstić information content (AvgIpc) is 3.23. The van der Waals surface area contributed by atoms with E-state index in [2.05, 4.69) is 36.2 Å². The van der Waals surface area contributed by atoms with Crippen LogP contribution in [0.3, 0.4) is 0 Å². The lowest BCUT2D eigenvalue weighted by Crippen LogP contribution is -2.42. The Bertz CT molecular complexity index is 856. The molecule has 26 heavy (non-hydrogen) atoms. The van der Waals surface area contributed by atoms with Crippen molar-refractivity contribution in [3.8, 4) is 0 Å². The fourth-order valence-corrected chi connectivity index (χ4v) is 3.81. The van der Waals surface area contributed by atoms with E-state index in [1.54, 1.807) is 29.6 Å². The SMILES string of the molecule is Cc1ccc(CN(C)C(=O)[C@@H](N)Cc2cn(Cc3ccccc3)cn2)s1. The molecule has 3 aromatic rings. The topological polar surface area (TPSA) is 64.2 Å². The maximum absolute atomic E-state index is 12.5. The van der Waals surface area contributed by atoms with Crippen LogP contribution in [0, 0.1) is 6.92 Å². The zero-order chi connectivity index (χ0) is 18.5. The number of carbonyl (C=O) groups is 1. The molecule has 0 radical (unpaired) electrons. The highest BCUT2D eigenvalue weighted by Crippen LogP contribution is 2.17. The van der Waals surface area contributed by atoms with Gasteiger partial charge in [-0.25, -0.2) is 4.98 Å². The molecule has 2 aromatic heterocycles. The van der Waals surface area contributed by atoms with Crippen molar-refractivity contribution in [1.82, 2.24) is 14.5 Å². The van der Waals surface area contributed by atoms with E-state index >= 15 is 0 Å². The number of carbonyl (C=O) groups excluding carboxylic acids is 1. The lowest BCUT2D eigenvalue weighted by Gasteiger charge is -2.20. The normalized spacial score (nSPS) is 12.1. The number of thiophene rings is 1. The molecule has 0 spiro atoms. The summed E-state index contributed by atoms with van der Waals surface area (Å²) in [7, 11) is 1.80. The molecule has 0 aliphatic heterocycles. The minimum absolute atomic E-state index is 0.0614. The summed E-state index contributed by atoms with van der Waals surface area (Å²) in [5.74, 6) is -0.0614. The quantitative estimate of drug-likeness (QED) is 0.697. The predicted molar refractivity (Wildman–Crippen MR) is 105 cm³/mol. The molecular formula is C20H24N4OS. The van der Waals surface area contributed by atoms with E-state index in [1.165, 1.54) is 10.4 Å². The Morgan fingerprint density at radius 1 is 1.27 bits per heavy atom. The lowest BCUT2D eigenvalue weighted by atomic mass is 10.1. The van der Waals surface area contributed by atoms with Gasteiger partial charge in [-0.3, -0.25) is 4.79 Å². The van der Waals surface area contributed by atoms with E-state index in [-0.39, 0.29) is 5.91 Å². The molecule has 1 aromatic carbocycles.